The van der Waals surface area contributed by atoms with Crippen molar-refractivity contribution >= 4 is 21.9 Å². The van der Waals surface area contributed by atoms with Crippen molar-refractivity contribution in [1.82, 2.24) is 0 Å². The Morgan fingerprint density at radius 1 is 1.60 bits per heavy atom. The van der Waals surface area contributed by atoms with Crippen molar-refractivity contribution in [1.29, 1.82) is 0 Å². The third-order valence-electron chi connectivity index (χ3n) is 1.76. The molecule has 0 aliphatic carbocycles. The lowest BCUT2D eigenvalue weighted by Gasteiger charge is -2.06. The summed E-state index contributed by atoms with van der Waals surface area (Å²) >= 11 is 3.03. The summed E-state index contributed by atoms with van der Waals surface area (Å²) in [4.78, 5) is 11.1. The predicted octanol–water partition coefficient (Wildman–Crippen LogP) is 2.40. The quantitative estimate of drug-likeness (QED) is 0.863. The van der Waals surface area contributed by atoms with E-state index in [9.17, 15) is 14.3 Å². The van der Waals surface area contributed by atoms with Gasteiger partial charge >= 0.3 is 5.97 Å². The van der Waals surface area contributed by atoms with Gasteiger partial charge in [0, 0.05) is 10.0 Å². The molecular weight excluding hydrogens is 267 g/mol. The van der Waals surface area contributed by atoms with Crippen molar-refractivity contribution in [3.63, 3.8) is 0 Å². The Bertz CT molecular complexity index is 356. The number of hydrogen-bond donors (Lipinski definition) is 1. The molecule has 0 bridgehead atoms. The van der Waals surface area contributed by atoms with Gasteiger partial charge in [0.2, 0.25) is 0 Å². The Morgan fingerprint density at radius 3 is 2.80 bits per heavy atom. The highest BCUT2D eigenvalue weighted by Crippen LogP contribution is 2.26. The molecule has 1 aromatic carbocycles. The minimum absolute atomic E-state index is 0.0448. The summed E-state index contributed by atoms with van der Waals surface area (Å²) in [6, 6.07) is 2.52. The maximum Gasteiger partial charge on any atom is 0.310 e. The highest BCUT2D eigenvalue weighted by Gasteiger charge is 2.14. The summed E-state index contributed by atoms with van der Waals surface area (Å²) in [6.07, 6.45) is -0.265. The summed E-state index contributed by atoms with van der Waals surface area (Å²) in [7, 11) is 0. The van der Waals surface area contributed by atoms with Crippen LogP contribution < -0.4 is 0 Å². The van der Waals surface area contributed by atoms with Gasteiger partial charge in [0.15, 0.2) is 0 Å². The van der Waals surface area contributed by atoms with Gasteiger partial charge in [-0.2, -0.15) is 0 Å². The number of phenols is 1. The topological polar surface area (TPSA) is 46.5 Å². The van der Waals surface area contributed by atoms with Gasteiger partial charge in [-0.25, -0.2) is 4.39 Å². The first-order valence-electron chi connectivity index (χ1n) is 4.37. The normalized spacial score (nSPS) is 10.1. The van der Waals surface area contributed by atoms with E-state index in [1.807, 2.05) is 0 Å². The largest absolute Gasteiger partial charge is 0.508 e. The summed E-state index contributed by atoms with van der Waals surface area (Å²) in [5.41, 5.74) is -0.0448. The number of halogens is 2. The number of ether oxygens (including phenoxy) is 1. The monoisotopic (exact) mass is 276 g/mol. The molecule has 15 heavy (non-hydrogen) atoms. The third kappa shape index (κ3) is 3.20. The molecule has 0 aliphatic heterocycles. The van der Waals surface area contributed by atoms with Crippen LogP contribution in [0.2, 0.25) is 0 Å². The van der Waals surface area contributed by atoms with Crippen LogP contribution in [0.5, 0.6) is 5.75 Å². The van der Waals surface area contributed by atoms with Gasteiger partial charge in [-0.1, -0.05) is 15.9 Å². The molecule has 1 N–H and O–H groups in total. The molecule has 0 aliphatic rings. The highest BCUT2D eigenvalue weighted by atomic mass is 79.9. The molecule has 0 fully saturated rings. The molecular formula is C10H10BrFO3. The molecule has 1 aromatic rings. The second-order valence-corrected chi connectivity index (χ2v) is 3.78. The van der Waals surface area contributed by atoms with Crippen LogP contribution in [0.1, 0.15) is 12.5 Å². The molecule has 0 radical (unpaired) electrons. The first kappa shape index (κ1) is 12.0. The zero-order valence-corrected chi connectivity index (χ0v) is 9.67. The Hall–Kier alpha value is -1.10. The lowest BCUT2D eigenvalue weighted by Crippen LogP contribution is -2.09. The molecule has 5 heteroatoms. The third-order valence-corrected chi connectivity index (χ3v) is 2.22. The minimum atomic E-state index is -0.630. The number of hydrogen-bond acceptors (Lipinski definition) is 3. The van der Waals surface area contributed by atoms with E-state index in [4.69, 9.17) is 0 Å². The molecule has 0 aromatic heterocycles. The number of rotatable bonds is 3. The Labute approximate surface area is 95.0 Å². The molecule has 0 saturated carbocycles. The van der Waals surface area contributed by atoms with E-state index in [-0.39, 0.29) is 24.3 Å². The van der Waals surface area contributed by atoms with E-state index in [1.165, 1.54) is 12.1 Å². The fraction of sp³-hybridized carbons (Fsp3) is 0.300. The maximum absolute atomic E-state index is 13.3. The van der Waals surface area contributed by atoms with Gasteiger partial charge in [0.05, 0.1) is 13.0 Å². The second-order valence-electron chi connectivity index (χ2n) is 2.87. The standard InChI is InChI=1S/C10H10BrFO3/c1-2-15-10(14)5-7-8(12)3-6(11)4-9(7)13/h3-4,13H,2,5H2,1H3. The van der Waals surface area contributed by atoms with Crippen molar-refractivity contribution in [2.75, 3.05) is 6.61 Å². The SMILES string of the molecule is CCOC(=O)Cc1c(O)cc(Br)cc1F. The number of esters is 1. The molecule has 1 rings (SSSR count). The molecule has 0 spiro atoms. The van der Waals surface area contributed by atoms with Gasteiger partial charge in [0.25, 0.3) is 0 Å². The van der Waals surface area contributed by atoms with Crippen molar-refractivity contribution in [2.24, 2.45) is 0 Å². The van der Waals surface area contributed by atoms with Gasteiger partial charge < -0.3 is 9.84 Å². The molecule has 0 unspecified atom stereocenters. The zero-order valence-electron chi connectivity index (χ0n) is 8.09. The molecule has 3 nitrogen and oxygen atoms in total. The van der Waals surface area contributed by atoms with Gasteiger partial charge in [-0.15, -0.1) is 0 Å². The first-order valence-corrected chi connectivity index (χ1v) is 5.16. The van der Waals surface area contributed by atoms with Gasteiger partial charge in [0.1, 0.15) is 11.6 Å². The van der Waals surface area contributed by atoms with Crippen LogP contribution in [0.15, 0.2) is 16.6 Å². The summed E-state index contributed by atoms with van der Waals surface area (Å²) in [6.45, 7) is 1.90. The first-order chi connectivity index (χ1) is 7.04. The van der Waals surface area contributed by atoms with E-state index < -0.39 is 11.8 Å². The van der Waals surface area contributed by atoms with Crippen LogP contribution in [0.25, 0.3) is 0 Å². The maximum atomic E-state index is 13.3. The van der Waals surface area contributed by atoms with Crippen LogP contribution in [-0.4, -0.2) is 17.7 Å². The average Bonchev–Trinajstić information content (AvgIpc) is 2.11. The summed E-state index contributed by atoms with van der Waals surface area (Å²) in [5.74, 6) is -1.45. The van der Waals surface area contributed by atoms with E-state index in [2.05, 4.69) is 20.7 Å². The van der Waals surface area contributed by atoms with Crippen molar-refractivity contribution < 1.29 is 19.0 Å². The predicted molar refractivity (Wildman–Crippen MR) is 56.1 cm³/mol. The smallest absolute Gasteiger partial charge is 0.310 e. The Kier molecular flexibility index (Phi) is 4.08. The summed E-state index contributed by atoms with van der Waals surface area (Å²) in [5, 5.41) is 9.41. The lowest BCUT2D eigenvalue weighted by molar-refractivity contribution is -0.142. The van der Waals surface area contributed by atoms with E-state index >= 15 is 0 Å². The van der Waals surface area contributed by atoms with Crippen molar-refractivity contribution in [3.8, 4) is 5.75 Å². The van der Waals surface area contributed by atoms with Crippen LogP contribution in [0.3, 0.4) is 0 Å². The number of aromatic hydroxyl groups is 1. The Morgan fingerprint density at radius 2 is 2.27 bits per heavy atom. The Balaban J connectivity index is 2.90. The fourth-order valence-electron chi connectivity index (χ4n) is 1.12. The van der Waals surface area contributed by atoms with Crippen molar-refractivity contribution in [3.05, 3.63) is 28.0 Å². The minimum Gasteiger partial charge on any atom is -0.508 e. The molecule has 0 amide bonds. The number of carbonyl (C=O) groups is 1. The fourth-order valence-corrected chi connectivity index (χ4v) is 1.54. The molecule has 82 valence electrons. The number of carbonyl (C=O) groups excluding carboxylic acids is 1. The van der Waals surface area contributed by atoms with E-state index in [0.717, 1.165) is 0 Å². The molecule has 0 saturated heterocycles. The lowest BCUT2D eigenvalue weighted by atomic mass is 10.1. The van der Waals surface area contributed by atoms with Crippen LogP contribution in [0, 0.1) is 5.82 Å². The highest BCUT2D eigenvalue weighted by molar-refractivity contribution is 9.10. The van der Waals surface area contributed by atoms with Gasteiger partial charge in [-0.05, 0) is 19.1 Å². The molecule has 0 heterocycles. The number of phenolic OH excluding ortho intramolecular Hbond substituents is 1. The van der Waals surface area contributed by atoms with Crippen LogP contribution in [-0.2, 0) is 16.0 Å². The van der Waals surface area contributed by atoms with Gasteiger partial charge in [-0.3, -0.25) is 4.79 Å². The van der Waals surface area contributed by atoms with Crippen molar-refractivity contribution in [2.45, 2.75) is 13.3 Å². The van der Waals surface area contributed by atoms with E-state index in [1.54, 1.807) is 6.92 Å². The van der Waals surface area contributed by atoms with Crippen LogP contribution in [0.4, 0.5) is 4.39 Å². The zero-order chi connectivity index (χ0) is 11.4. The molecule has 0 atom stereocenters. The number of benzene rings is 1. The van der Waals surface area contributed by atoms with E-state index in [0.29, 0.717) is 4.47 Å². The van der Waals surface area contributed by atoms with Crippen LogP contribution >= 0.6 is 15.9 Å². The average molecular weight is 277 g/mol. The summed E-state index contributed by atoms with van der Waals surface area (Å²) < 4.78 is 18.4. The second kappa shape index (κ2) is 5.11.